The molecule has 0 aliphatic rings. The molecule has 12 heavy (non-hydrogen) atoms. The summed E-state index contributed by atoms with van der Waals surface area (Å²) in [5.74, 6) is 0. The first-order chi connectivity index (χ1) is 5.68. The molecule has 0 bridgehead atoms. The third-order valence-electron chi connectivity index (χ3n) is 1.72. The van der Waals surface area contributed by atoms with E-state index in [1.54, 1.807) is 0 Å². The Balaban J connectivity index is 3.26. The van der Waals surface area contributed by atoms with Gasteiger partial charge in [-0.1, -0.05) is 44.2 Å². The number of rotatable bonds is 6. The van der Waals surface area contributed by atoms with E-state index in [4.69, 9.17) is 28.3 Å². The molecule has 0 radical (unpaired) electrons. The van der Waals surface area contributed by atoms with E-state index in [1.165, 1.54) is 19.3 Å². The SMILES string of the molecule is CCCCCCC/C(Cl)=C(/O)Cl. The Hall–Kier alpha value is 0.120. The van der Waals surface area contributed by atoms with E-state index in [0.717, 1.165) is 12.8 Å². The lowest BCUT2D eigenvalue weighted by molar-refractivity contribution is 0.446. The second kappa shape index (κ2) is 7.75. The molecular weight excluding hydrogens is 195 g/mol. The van der Waals surface area contributed by atoms with Crippen LogP contribution >= 0.6 is 23.2 Å². The van der Waals surface area contributed by atoms with Crippen LogP contribution in [-0.2, 0) is 0 Å². The molecule has 3 heteroatoms. The zero-order chi connectivity index (χ0) is 9.40. The Bertz CT molecular complexity index is 139. The minimum Gasteiger partial charge on any atom is -0.498 e. The van der Waals surface area contributed by atoms with E-state index in [2.05, 4.69) is 6.92 Å². The second-order valence-corrected chi connectivity index (χ2v) is 3.67. The lowest BCUT2D eigenvalue weighted by atomic mass is 10.1. The molecule has 1 nitrogen and oxygen atoms in total. The van der Waals surface area contributed by atoms with Crippen LogP contribution in [0.1, 0.15) is 45.4 Å². The highest BCUT2D eigenvalue weighted by atomic mass is 35.5. The molecule has 0 aliphatic heterocycles. The number of hydrogen-bond acceptors (Lipinski definition) is 1. The summed E-state index contributed by atoms with van der Waals surface area (Å²) in [6.45, 7) is 2.18. The van der Waals surface area contributed by atoms with Gasteiger partial charge in [-0.15, -0.1) is 0 Å². The highest BCUT2D eigenvalue weighted by molar-refractivity contribution is 6.38. The van der Waals surface area contributed by atoms with Crippen molar-refractivity contribution < 1.29 is 5.11 Å². The Morgan fingerprint density at radius 3 is 2.17 bits per heavy atom. The smallest absolute Gasteiger partial charge is 0.199 e. The monoisotopic (exact) mass is 210 g/mol. The summed E-state index contributed by atoms with van der Waals surface area (Å²) in [6, 6.07) is 0. The molecule has 0 aromatic rings. The first-order valence-corrected chi connectivity index (χ1v) is 5.17. The molecule has 0 saturated carbocycles. The van der Waals surface area contributed by atoms with Crippen molar-refractivity contribution in [3.05, 3.63) is 10.3 Å². The molecule has 0 aromatic heterocycles. The van der Waals surface area contributed by atoms with Gasteiger partial charge in [-0.2, -0.15) is 0 Å². The van der Waals surface area contributed by atoms with Crippen LogP contribution in [0.15, 0.2) is 10.3 Å². The number of halogens is 2. The first-order valence-electron chi connectivity index (χ1n) is 4.41. The number of unbranched alkanes of at least 4 members (excludes halogenated alkanes) is 4. The zero-order valence-corrected chi connectivity index (χ0v) is 8.96. The van der Waals surface area contributed by atoms with Crippen molar-refractivity contribution in [3.8, 4) is 0 Å². The summed E-state index contributed by atoms with van der Waals surface area (Å²) in [5.41, 5.74) is 0. The van der Waals surface area contributed by atoms with Crippen LogP contribution < -0.4 is 0 Å². The highest BCUT2D eigenvalue weighted by Crippen LogP contribution is 2.18. The lowest BCUT2D eigenvalue weighted by Gasteiger charge is -1.99. The minimum atomic E-state index is -0.257. The number of aliphatic hydroxyl groups is 1. The molecule has 0 aliphatic carbocycles. The third kappa shape index (κ3) is 6.81. The zero-order valence-electron chi connectivity index (χ0n) is 7.45. The van der Waals surface area contributed by atoms with Gasteiger partial charge in [0, 0.05) is 0 Å². The van der Waals surface area contributed by atoms with Crippen LogP contribution in [0.5, 0.6) is 0 Å². The average Bonchev–Trinajstić information content (AvgIpc) is 2.03. The predicted molar refractivity (Wildman–Crippen MR) is 54.7 cm³/mol. The molecule has 0 rings (SSSR count). The quantitative estimate of drug-likeness (QED) is 0.504. The molecule has 1 N–H and O–H groups in total. The number of hydrogen-bond donors (Lipinski definition) is 1. The lowest BCUT2D eigenvalue weighted by Crippen LogP contribution is -1.81. The molecular formula is C9H16Cl2O. The molecule has 0 fully saturated rings. The van der Waals surface area contributed by atoms with E-state index in [-0.39, 0.29) is 5.22 Å². The molecule has 0 heterocycles. The maximum atomic E-state index is 8.74. The van der Waals surface area contributed by atoms with Gasteiger partial charge in [-0.05, 0) is 24.4 Å². The van der Waals surface area contributed by atoms with Crippen molar-refractivity contribution in [1.82, 2.24) is 0 Å². The van der Waals surface area contributed by atoms with Crippen molar-refractivity contribution in [3.63, 3.8) is 0 Å². The van der Waals surface area contributed by atoms with Gasteiger partial charge < -0.3 is 5.11 Å². The minimum absolute atomic E-state index is 0.257. The third-order valence-corrected chi connectivity index (χ3v) is 2.42. The van der Waals surface area contributed by atoms with Crippen LogP contribution in [0.3, 0.4) is 0 Å². The normalized spacial score (nSPS) is 12.9. The summed E-state index contributed by atoms with van der Waals surface area (Å²) >= 11 is 10.9. The maximum Gasteiger partial charge on any atom is 0.199 e. The largest absolute Gasteiger partial charge is 0.498 e. The van der Waals surface area contributed by atoms with Gasteiger partial charge in [0.25, 0.3) is 0 Å². The second-order valence-electron chi connectivity index (χ2n) is 2.86. The molecule has 0 atom stereocenters. The molecule has 0 amide bonds. The maximum absolute atomic E-state index is 8.74. The van der Waals surface area contributed by atoms with Gasteiger partial charge in [0.15, 0.2) is 5.22 Å². The average molecular weight is 211 g/mol. The van der Waals surface area contributed by atoms with Crippen molar-refractivity contribution in [2.75, 3.05) is 0 Å². The molecule has 0 aromatic carbocycles. The fourth-order valence-electron chi connectivity index (χ4n) is 0.987. The van der Waals surface area contributed by atoms with E-state index in [9.17, 15) is 0 Å². The van der Waals surface area contributed by atoms with E-state index >= 15 is 0 Å². The summed E-state index contributed by atoms with van der Waals surface area (Å²) in [5, 5.41) is 8.86. The summed E-state index contributed by atoms with van der Waals surface area (Å²) in [4.78, 5) is 0. The van der Waals surface area contributed by atoms with Crippen molar-refractivity contribution in [2.45, 2.75) is 45.4 Å². The predicted octanol–water partition coefficient (Wildman–Crippen LogP) is 4.55. The van der Waals surface area contributed by atoms with Crippen LogP contribution in [0.2, 0.25) is 0 Å². The fourth-order valence-corrected chi connectivity index (χ4v) is 1.22. The van der Waals surface area contributed by atoms with Crippen molar-refractivity contribution >= 4 is 23.2 Å². The Morgan fingerprint density at radius 2 is 1.67 bits per heavy atom. The Morgan fingerprint density at radius 1 is 1.08 bits per heavy atom. The van der Waals surface area contributed by atoms with Gasteiger partial charge in [-0.3, -0.25) is 0 Å². The fraction of sp³-hybridized carbons (Fsp3) is 0.778. The van der Waals surface area contributed by atoms with E-state index in [1.807, 2.05) is 0 Å². The highest BCUT2D eigenvalue weighted by Gasteiger charge is 1.98. The number of aliphatic hydroxyl groups excluding tert-OH is 1. The van der Waals surface area contributed by atoms with E-state index in [0.29, 0.717) is 11.5 Å². The Labute approximate surface area is 84.4 Å². The van der Waals surface area contributed by atoms with Gasteiger partial charge in [-0.25, -0.2) is 0 Å². The van der Waals surface area contributed by atoms with Gasteiger partial charge in [0.2, 0.25) is 0 Å². The molecule has 72 valence electrons. The van der Waals surface area contributed by atoms with Crippen molar-refractivity contribution in [2.24, 2.45) is 0 Å². The van der Waals surface area contributed by atoms with Crippen LogP contribution in [0.25, 0.3) is 0 Å². The molecule has 0 unspecified atom stereocenters. The van der Waals surface area contributed by atoms with E-state index < -0.39 is 0 Å². The topological polar surface area (TPSA) is 20.2 Å². The Kier molecular flexibility index (Phi) is 7.83. The molecule has 0 spiro atoms. The summed E-state index contributed by atoms with van der Waals surface area (Å²) < 4.78 is 0. The standard InChI is InChI=1S/C9H16Cl2O/c1-2-3-4-5-6-7-8(10)9(11)12/h12H,2-7H2,1H3/b9-8-. The first kappa shape index (κ1) is 12.1. The van der Waals surface area contributed by atoms with Gasteiger partial charge in [0.05, 0.1) is 5.03 Å². The van der Waals surface area contributed by atoms with Crippen LogP contribution in [-0.4, -0.2) is 5.11 Å². The summed E-state index contributed by atoms with van der Waals surface area (Å²) in [6.07, 6.45) is 6.62. The van der Waals surface area contributed by atoms with Crippen LogP contribution in [0.4, 0.5) is 0 Å². The number of allylic oxidation sites excluding steroid dienone is 1. The molecule has 0 saturated heterocycles. The van der Waals surface area contributed by atoms with Crippen molar-refractivity contribution in [1.29, 1.82) is 0 Å². The van der Waals surface area contributed by atoms with Crippen LogP contribution in [0, 0.1) is 0 Å². The summed E-state index contributed by atoms with van der Waals surface area (Å²) in [7, 11) is 0. The van der Waals surface area contributed by atoms with Gasteiger partial charge in [0.1, 0.15) is 0 Å². The van der Waals surface area contributed by atoms with Gasteiger partial charge >= 0.3 is 0 Å².